The van der Waals surface area contributed by atoms with Gasteiger partial charge in [-0.1, -0.05) is 78.9 Å². The van der Waals surface area contributed by atoms with Crippen LogP contribution in [0.1, 0.15) is 23.3 Å². The van der Waals surface area contributed by atoms with Crippen molar-refractivity contribution in [3.8, 4) is 5.88 Å². The van der Waals surface area contributed by atoms with E-state index in [2.05, 4.69) is 27.5 Å². The number of nitrogens with zero attached hydrogens (tertiary/aromatic N) is 4. The molecule has 174 valence electrons. The lowest BCUT2D eigenvalue weighted by Crippen LogP contribution is -2.23. The Balaban J connectivity index is 1.74. The molecule has 5 rings (SSSR count). The van der Waals surface area contributed by atoms with Gasteiger partial charge in [0.15, 0.2) is 10.3 Å². The van der Waals surface area contributed by atoms with E-state index in [1.54, 1.807) is 4.52 Å². The third-order valence-electron chi connectivity index (χ3n) is 5.32. The van der Waals surface area contributed by atoms with Crippen LogP contribution in [0.3, 0.4) is 0 Å². The Labute approximate surface area is 212 Å². The van der Waals surface area contributed by atoms with Crippen molar-refractivity contribution in [1.29, 1.82) is 0 Å². The molecule has 0 aliphatic heterocycles. The zero-order valence-corrected chi connectivity index (χ0v) is 20.7. The number of para-hydroxylation sites is 2. The van der Waals surface area contributed by atoms with Gasteiger partial charge in [-0.3, -0.25) is 0 Å². The number of nitrogens with one attached hydrogen (secondary N) is 1. The molecule has 1 unspecified atom stereocenters. The number of ether oxygens (including phenoxy) is 1. The number of rotatable bonds is 7. The van der Waals surface area contributed by atoms with Gasteiger partial charge in [-0.15, -0.1) is 11.3 Å². The van der Waals surface area contributed by atoms with Crippen LogP contribution in [0.2, 0.25) is 0 Å². The predicted molar refractivity (Wildman–Crippen MR) is 145 cm³/mol. The van der Waals surface area contributed by atoms with E-state index >= 15 is 0 Å². The molecule has 2 aromatic heterocycles. The van der Waals surface area contributed by atoms with Crippen LogP contribution in [0, 0.1) is 0 Å². The Morgan fingerprint density at radius 1 is 1.00 bits per heavy atom. The molecule has 35 heavy (non-hydrogen) atoms. The Morgan fingerprint density at radius 2 is 1.66 bits per heavy atom. The van der Waals surface area contributed by atoms with Crippen LogP contribution in [-0.2, 0) is 0 Å². The molecule has 0 amide bonds. The van der Waals surface area contributed by atoms with Crippen molar-refractivity contribution in [2.75, 3.05) is 11.9 Å². The highest BCUT2D eigenvalue weighted by Gasteiger charge is 2.27. The third kappa shape index (κ3) is 4.99. The average molecular weight is 498 g/mol. The fourth-order valence-corrected chi connectivity index (χ4v) is 5.42. The summed E-state index contributed by atoms with van der Waals surface area (Å²) < 4.78 is 8.61. The first-order chi connectivity index (χ1) is 17.2. The van der Waals surface area contributed by atoms with Crippen LogP contribution in [0.25, 0.3) is 5.65 Å². The summed E-state index contributed by atoms with van der Waals surface area (Å²) in [5.74, 6) is 0.333. The topological polar surface area (TPSA) is 63.8 Å². The van der Waals surface area contributed by atoms with Crippen LogP contribution < -0.4 is 14.7 Å². The minimum Gasteiger partial charge on any atom is -0.477 e. The van der Waals surface area contributed by atoms with Crippen LogP contribution >= 0.6 is 23.6 Å². The van der Waals surface area contributed by atoms with Gasteiger partial charge in [0, 0.05) is 5.69 Å². The first-order valence-electron chi connectivity index (χ1n) is 11.2. The van der Waals surface area contributed by atoms with E-state index in [9.17, 15) is 0 Å². The number of aromatic nitrogens is 3. The maximum absolute atomic E-state index is 6.16. The van der Waals surface area contributed by atoms with Gasteiger partial charge < -0.3 is 10.1 Å². The predicted octanol–water partition coefficient (Wildman–Crippen LogP) is 5.99. The summed E-state index contributed by atoms with van der Waals surface area (Å²) in [5.41, 5.74) is 3.45. The van der Waals surface area contributed by atoms with E-state index in [0.29, 0.717) is 23.1 Å². The van der Waals surface area contributed by atoms with Crippen molar-refractivity contribution in [2.24, 2.45) is 4.99 Å². The molecule has 0 saturated heterocycles. The summed E-state index contributed by atoms with van der Waals surface area (Å²) in [7, 11) is 0. The smallest absolute Gasteiger partial charge is 0.231 e. The van der Waals surface area contributed by atoms with Crippen LogP contribution in [0.5, 0.6) is 5.88 Å². The molecule has 2 heterocycles. The lowest BCUT2D eigenvalue weighted by molar-refractivity contribution is 0.315. The molecule has 6 nitrogen and oxygen atoms in total. The molecular formula is C27H23N5OS2. The maximum Gasteiger partial charge on any atom is 0.231 e. The second kappa shape index (κ2) is 10.6. The molecule has 1 atom stereocenters. The highest BCUT2D eigenvalue weighted by Crippen LogP contribution is 2.36. The SMILES string of the molecule is CCOc1c(C(C(=S)Nc2ccccc2)c2ccccc2)sc(=Nc2ccccc2)c2ncnn12. The lowest BCUT2D eigenvalue weighted by atomic mass is 9.97. The molecular weight excluding hydrogens is 474 g/mol. The molecule has 0 spiro atoms. The number of hydrogen-bond acceptors (Lipinski definition) is 6. The van der Waals surface area contributed by atoms with Crippen molar-refractivity contribution < 1.29 is 4.74 Å². The van der Waals surface area contributed by atoms with Crippen LogP contribution in [0.4, 0.5) is 11.4 Å². The molecule has 5 aromatic rings. The standard InChI is InChI=1S/C27H23N5OS2/c1-2-33-27-23(35-26(24-28-18-29-32(24)27)31-21-16-10-5-11-17-21)22(19-12-6-3-7-13-19)25(34)30-20-14-8-4-9-15-20/h3-18,22H,2H2,1H3,(H,30,34). The van der Waals surface area contributed by atoms with Gasteiger partial charge in [0.1, 0.15) is 6.33 Å². The van der Waals surface area contributed by atoms with Gasteiger partial charge in [-0.2, -0.15) is 9.61 Å². The minimum atomic E-state index is -0.281. The molecule has 0 aliphatic carbocycles. The normalized spacial score (nSPS) is 12.4. The minimum absolute atomic E-state index is 0.281. The molecule has 0 aliphatic rings. The summed E-state index contributed by atoms with van der Waals surface area (Å²) in [6.07, 6.45) is 1.52. The van der Waals surface area contributed by atoms with Gasteiger partial charge in [-0.05, 0) is 36.8 Å². The second-order valence-corrected chi connectivity index (χ2v) is 9.12. The van der Waals surface area contributed by atoms with Crippen LogP contribution in [0.15, 0.2) is 102 Å². The summed E-state index contributed by atoms with van der Waals surface area (Å²) in [6, 6.07) is 29.9. The quantitative estimate of drug-likeness (QED) is 0.280. The van der Waals surface area contributed by atoms with Crippen molar-refractivity contribution in [2.45, 2.75) is 12.8 Å². The molecule has 3 aromatic carbocycles. The monoisotopic (exact) mass is 497 g/mol. The number of benzene rings is 3. The van der Waals surface area contributed by atoms with Gasteiger partial charge in [0.2, 0.25) is 5.88 Å². The zero-order chi connectivity index (χ0) is 24.0. The van der Waals surface area contributed by atoms with E-state index in [0.717, 1.165) is 26.5 Å². The van der Waals surface area contributed by atoms with E-state index in [4.69, 9.17) is 21.9 Å². The summed E-state index contributed by atoms with van der Waals surface area (Å²) >= 11 is 7.52. The van der Waals surface area contributed by atoms with Crippen molar-refractivity contribution in [3.05, 3.63) is 112 Å². The number of hydrogen-bond donors (Lipinski definition) is 1. The summed E-state index contributed by atoms with van der Waals surface area (Å²) in [4.78, 5) is 10.9. The second-order valence-electron chi connectivity index (χ2n) is 7.65. The van der Waals surface area contributed by atoms with Crippen molar-refractivity contribution >= 4 is 45.6 Å². The lowest BCUT2D eigenvalue weighted by Gasteiger charge is -2.22. The average Bonchev–Trinajstić information content (AvgIpc) is 3.39. The molecule has 8 heteroatoms. The highest BCUT2D eigenvalue weighted by atomic mass is 32.1. The maximum atomic E-state index is 6.16. The van der Waals surface area contributed by atoms with Crippen molar-refractivity contribution in [1.82, 2.24) is 14.6 Å². The zero-order valence-electron chi connectivity index (χ0n) is 19.0. The summed E-state index contributed by atoms with van der Waals surface area (Å²) in [5, 5.41) is 7.91. The Hall–Kier alpha value is -3.88. The van der Waals surface area contributed by atoms with E-state index in [1.807, 2.05) is 85.8 Å². The first-order valence-corrected chi connectivity index (χ1v) is 12.5. The fourth-order valence-electron chi connectivity index (χ4n) is 3.78. The number of thiocarbonyl (C=S) groups is 1. The van der Waals surface area contributed by atoms with Gasteiger partial charge in [0.05, 0.1) is 28.1 Å². The van der Waals surface area contributed by atoms with E-state index in [-0.39, 0.29) is 5.92 Å². The molecule has 0 bridgehead atoms. The third-order valence-corrected chi connectivity index (χ3v) is 6.75. The fraction of sp³-hybridized carbons (Fsp3) is 0.111. The van der Waals surface area contributed by atoms with Gasteiger partial charge >= 0.3 is 0 Å². The van der Waals surface area contributed by atoms with E-state index < -0.39 is 0 Å². The molecule has 0 fully saturated rings. The Bertz CT molecular complexity index is 1500. The Kier molecular flexibility index (Phi) is 6.92. The molecule has 0 saturated carbocycles. The Morgan fingerprint density at radius 3 is 2.34 bits per heavy atom. The summed E-state index contributed by atoms with van der Waals surface area (Å²) in [6.45, 7) is 2.43. The highest BCUT2D eigenvalue weighted by molar-refractivity contribution is 7.80. The molecule has 0 radical (unpaired) electrons. The first kappa shape index (κ1) is 22.9. The van der Waals surface area contributed by atoms with E-state index in [1.165, 1.54) is 17.7 Å². The van der Waals surface area contributed by atoms with Crippen LogP contribution in [-0.4, -0.2) is 26.2 Å². The number of fused-ring (bicyclic) bond motifs is 1. The largest absolute Gasteiger partial charge is 0.477 e. The van der Waals surface area contributed by atoms with Crippen molar-refractivity contribution in [3.63, 3.8) is 0 Å². The van der Waals surface area contributed by atoms with Gasteiger partial charge in [-0.25, -0.2) is 9.98 Å². The molecule has 1 N–H and O–H groups in total. The number of anilines is 1. The van der Waals surface area contributed by atoms with Gasteiger partial charge in [0.25, 0.3) is 0 Å².